The molecule has 4 aromatic rings. The van der Waals surface area contributed by atoms with Crippen LogP contribution in [0.25, 0.3) is 21.8 Å². The molecule has 2 aromatic heterocycles. The Kier molecular flexibility index (Phi) is 5.08. The van der Waals surface area contributed by atoms with Gasteiger partial charge < -0.3 is 19.4 Å². The fourth-order valence-corrected chi connectivity index (χ4v) is 3.39. The van der Waals surface area contributed by atoms with Crippen molar-refractivity contribution >= 4 is 33.7 Å². The molecule has 2 heterocycles. The van der Waals surface area contributed by atoms with E-state index < -0.39 is 23.6 Å². The third-order valence-corrected chi connectivity index (χ3v) is 4.72. The summed E-state index contributed by atoms with van der Waals surface area (Å²) in [5.41, 5.74) is 2.63. The number of carbonyl (C=O) groups is 2. The molecule has 0 bridgehead atoms. The van der Waals surface area contributed by atoms with E-state index in [9.17, 15) is 9.59 Å². The van der Waals surface area contributed by atoms with Gasteiger partial charge in [-0.05, 0) is 73.5 Å². The first-order chi connectivity index (χ1) is 14.3. The van der Waals surface area contributed by atoms with Gasteiger partial charge in [-0.15, -0.1) is 0 Å². The SMILES string of the molecule is CC(C)(C)OC(=O)C(OC(=O)Cc1ccc2[nH]ccc2c1)c1ccc2[nH]ccc2c1. The monoisotopic (exact) mass is 404 g/mol. The van der Waals surface area contributed by atoms with Crippen molar-refractivity contribution in [3.8, 4) is 0 Å². The molecule has 2 N–H and O–H groups in total. The molecule has 0 aliphatic rings. The maximum atomic E-state index is 12.9. The number of carbonyl (C=O) groups excluding carboxylic acids is 2. The van der Waals surface area contributed by atoms with Crippen LogP contribution in [-0.2, 0) is 25.5 Å². The van der Waals surface area contributed by atoms with Gasteiger partial charge in [-0.3, -0.25) is 4.79 Å². The van der Waals surface area contributed by atoms with E-state index in [4.69, 9.17) is 9.47 Å². The first kappa shape index (κ1) is 19.8. The standard InChI is InChI=1S/C24H24N2O4/c1-24(2,3)30-23(28)22(18-5-7-20-17(14-18)9-11-26-20)29-21(27)13-15-4-6-19-16(12-15)8-10-25-19/h4-12,14,22,25-26H,13H2,1-3H3. The normalized spacial score (nSPS) is 12.8. The lowest BCUT2D eigenvalue weighted by molar-refractivity contribution is -0.176. The molecule has 0 spiro atoms. The average Bonchev–Trinajstić information content (AvgIpc) is 3.32. The highest BCUT2D eigenvalue weighted by molar-refractivity contribution is 5.86. The highest BCUT2D eigenvalue weighted by Gasteiger charge is 2.30. The number of hydrogen-bond donors (Lipinski definition) is 2. The maximum absolute atomic E-state index is 12.9. The summed E-state index contributed by atoms with van der Waals surface area (Å²) >= 11 is 0. The van der Waals surface area contributed by atoms with Crippen molar-refractivity contribution in [3.05, 3.63) is 72.1 Å². The first-order valence-corrected chi connectivity index (χ1v) is 9.84. The summed E-state index contributed by atoms with van der Waals surface area (Å²) in [6.45, 7) is 5.35. The van der Waals surface area contributed by atoms with Gasteiger partial charge in [-0.1, -0.05) is 12.1 Å². The quantitative estimate of drug-likeness (QED) is 0.467. The summed E-state index contributed by atoms with van der Waals surface area (Å²) in [5, 5.41) is 1.94. The molecule has 0 saturated heterocycles. The van der Waals surface area contributed by atoms with Gasteiger partial charge in [0.15, 0.2) is 0 Å². The van der Waals surface area contributed by atoms with E-state index in [-0.39, 0.29) is 6.42 Å². The van der Waals surface area contributed by atoms with Crippen molar-refractivity contribution in [2.45, 2.75) is 38.9 Å². The lowest BCUT2D eigenvalue weighted by Gasteiger charge is -2.24. The Bertz CT molecular complexity index is 1210. The summed E-state index contributed by atoms with van der Waals surface area (Å²) in [6.07, 6.45) is 2.60. The van der Waals surface area contributed by atoms with Crippen LogP contribution in [0.3, 0.4) is 0 Å². The fraction of sp³-hybridized carbons (Fsp3) is 0.250. The summed E-state index contributed by atoms with van der Waals surface area (Å²) in [7, 11) is 0. The van der Waals surface area contributed by atoms with Crippen LogP contribution < -0.4 is 0 Å². The third kappa shape index (κ3) is 4.38. The highest BCUT2D eigenvalue weighted by atomic mass is 16.6. The number of rotatable bonds is 5. The second-order valence-electron chi connectivity index (χ2n) is 8.30. The zero-order chi connectivity index (χ0) is 21.3. The van der Waals surface area contributed by atoms with Crippen LogP contribution >= 0.6 is 0 Å². The zero-order valence-corrected chi connectivity index (χ0v) is 17.2. The van der Waals surface area contributed by atoms with E-state index in [1.54, 1.807) is 26.8 Å². The van der Waals surface area contributed by atoms with Crippen molar-refractivity contribution in [2.75, 3.05) is 0 Å². The number of H-pyrrole nitrogens is 2. The Labute approximate surface area is 174 Å². The maximum Gasteiger partial charge on any atom is 0.352 e. The van der Waals surface area contributed by atoms with Gasteiger partial charge in [0.2, 0.25) is 6.10 Å². The zero-order valence-electron chi connectivity index (χ0n) is 17.2. The van der Waals surface area contributed by atoms with Gasteiger partial charge in [0, 0.05) is 29.0 Å². The Morgan fingerprint density at radius 2 is 1.53 bits per heavy atom. The van der Waals surface area contributed by atoms with E-state index in [2.05, 4.69) is 9.97 Å². The van der Waals surface area contributed by atoms with Crippen molar-refractivity contribution in [2.24, 2.45) is 0 Å². The number of aromatic amines is 2. The molecule has 4 rings (SSSR count). The van der Waals surface area contributed by atoms with Gasteiger partial charge >= 0.3 is 11.9 Å². The Morgan fingerprint density at radius 1 is 0.900 bits per heavy atom. The minimum Gasteiger partial charge on any atom is -0.457 e. The van der Waals surface area contributed by atoms with Gasteiger partial charge in [0.25, 0.3) is 0 Å². The van der Waals surface area contributed by atoms with Crippen LogP contribution in [0.2, 0.25) is 0 Å². The van der Waals surface area contributed by atoms with Crippen molar-refractivity contribution in [3.63, 3.8) is 0 Å². The number of benzene rings is 2. The number of hydrogen-bond acceptors (Lipinski definition) is 4. The predicted molar refractivity (Wildman–Crippen MR) is 115 cm³/mol. The third-order valence-electron chi connectivity index (χ3n) is 4.72. The van der Waals surface area contributed by atoms with E-state index in [1.807, 2.05) is 54.9 Å². The molecular weight excluding hydrogens is 380 g/mol. The van der Waals surface area contributed by atoms with Gasteiger partial charge in [-0.2, -0.15) is 0 Å². The molecule has 1 unspecified atom stereocenters. The molecule has 6 heteroatoms. The number of nitrogens with one attached hydrogen (secondary N) is 2. The molecule has 0 aliphatic carbocycles. The summed E-state index contributed by atoms with van der Waals surface area (Å²) in [6, 6.07) is 15.0. The minimum absolute atomic E-state index is 0.0623. The van der Waals surface area contributed by atoms with Crippen LogP contribution in [-0.4, -0.2) is 27.5 Å². The van der Waals surface area contributed by atoms with Crippen LogP contribution in [0.4, 0.5) is 0 Å². The fourth-order valence-electron chi connectivity index (χ4n) is 3.39. The van der Waals surface area contributed by atoms with Crippen LogP contribution in [0, 0.1) is 0 Å². The number of aromatic nitrogens is 2. The van der Waals surface area contributed by atoms with Crippen LogP contribution in [0.5, 0.6) is 0 Å². The summed E-state index contributed by atoms with van der Waals surface area (Å²) in [5.74, 6) is -1.08. The van der Waals surface area contributed by atoms with Gasteiger partial charge in [0.05, 0.1) is 6.42 Å². The lowest BCUT2D eigenvalue weighted by atomic mass is 10.1. The van der Waals surface area contributed by atoms with Crippen LogP contribution in [0.1, 0.15) is 38.0 Å². The Balaban J connectivity index is 1.57. The highest BCUT2D eigenvalue weighted by Crippen LogP contribution is 2.26. The molecule has 30 heavy (non-hydrogen) atoms. The minimum atomic E-state index is -1.13. The molecule has 0 fully saturated rings. The topological polar surface area (TPSA) is 84.2 Å². The number of esters is 2. The van der Waals surface area contributed by atoms with E-state index in [0.717, 1.165) is 27.4 Å². The molecule has 154 valence electrons. The molecule has 2 aromatic carbocycles. The Morgan fingerprint density at radius 3 is 2.20 bits per heavy atom. The van der Waals surface area contributed by atoms with Crippen molar-refractivity contribution in [1.29, 1.82) is 0 Å². The number of fused-ring (bicyclic) bond motifs is 2. The smallest absolute Gasteiger partial charge is 0.352 e. The molecule has 6 nitrogen and oxygen atoms in total. The van der Waals surface area contributed by atoms with E-state index in [1.165, 1.54) is 0 Å². The predicted octanol–water partition coefficient (Wildman–Crippen LogP) is 4.82. The number of ether oxygens (including phenoxy) is 2. The molecule has 1 atom stereocenters. The van der Waals surface area contributed by atoms with Gasteiger partial charge in [0.1, 0.15) is 5.60 Å². The van der Waals surface area contributed by atoms with Crippen molar-refractivity contribution < 1.29 is 19.1 Å². The lowest BCUT2D eigenvalue weighted by Crippen LogP contribution is -2.30. The molecule has 0 amide bonds. The van der Waals surface area contributed by atoms with E-state index in [0.29, 0.717) is 5.56 Å². The summed E-state index contributed by atoms with van der Waals surface area (Å²) in [4.78, 5) is 31.8. The molecular formula is C24H24N2O4. The van der Waals surface area contributed by atoms with E-state index >= 15 is 0 Å². The largest absolute Gasteiger partial charge is 0.457 e. The molecule has 0 saturated carbocycles. The van der Waals surface area contributed by atoms with Crippen LogP contribution in [0.15, 0.2) is 60.9 Å². The second kappa shape index (κ2) is 7.71. The Hall–Kier alpha value is -3.54. The summed E-state index contributed by atoms with van der Waals surface area (Å²) < 4.78 is 11.2. The van der Waals surface area contributed by atoms with Gasteiger partial charge in [-0.25, -0.2) is 4.79 Å². The second-order valence-corrected chi connectivity index (χ2v) is 8.30. The first-order valence-electron chi connectivity index (χ1n) is 9.84. The molecule has 0 aliphatic heterocycles. The van der Waals surface area contributed by atoms with Crippen molar-refractivity contribution in [1.82, 2.24) is 9.97 Å². The average molecular weight is 404 g/mol. The molecule has 0 radical (unpaired) electrons.